The fraction of sp³-hybridized carbons (Fsp3) is 0.355. The van der Waals surface area contributed by atoms with Crippen LogP contribution in [0.2, 0.25) is 5.02 Å². The molecule has 1 atom stereocenters. The highest BCUT2D eigenvalue weighted by Gasteiger charge is 2.30. The van der Waals surface area contributed by atoms with Gasteiger partial charge in [-0.2, -0.15) is 0 Å². The van der Waals surface area contributed by atoms with Crippen molar-refractivity contribution in [2.75, 3.05) is 19.8 Å². The van der Waals surface area contributed by atoms with Crippen LogP contribution < -0.4 is 14.8 Å². The van der Waals surface area contributed by atoms with Crippen LogP contribution >= 0.6 is 11.6 Å². The molecule has 0 saturated heterocycles. The van der Waals surface area contributed by atoms with Gasteiger partial charge in [-0.15, -0.1) is 0 Å². The number of carbonyl (C=O) groups excluding carboxylic acids is 2. The molecule has 3 rings (SSSR count). The molecular formula is C31H37ClN2O4. The van der Waals surface area contributed by atoms with Gasteiger partial charge in [0, 0.05) is 31.0 Å². The first-order valence-corrected chi connectivity index (χ1v) is 13.6. The first-order chi connectivity index (χ1) is 18.5. The highest BCUT2D eigenvalue weighted by molar-refractivity contribution is 6.31. The van der Waals surface area contributed by atoms with Gasteiger partial charge in [-0.3, -0.25) is 9.59 Å². The summed E-state index contributed by atoms with van der Waals surface area (Å²) < 4.78 is 11.4. The van der Waals surface area contributed by atoms with Gasteiger partial charge >= 0.3 is 0 Å². The number of ether oxygens (including phenoxy) is 2. The van der Waals surface area contributed by atoms with E-state index in [1.807, 2.05) is 87.5 Å². The van der Waals surface area contributed by atoms with Crippen LogP contribution in [0, 0.1) is 0 Å². The molecule has 202 valence electrons. The van der Waals surface area contributed by atoms with Gasteiger partial charge < -0.3 is 19.7 Å². The predicted octanol–water partition coefficient (Wildman–Crippen LogP) is 5.85. The molecule has 0 heterocycles. The third kappa shape index (κ3) is 8.25. The first-order valence-electron chi connectivity index (χ1n) is 13.2. The van der Waals surface area contributed by atoms with E-state index in [0.717, 1.165) is 16.7 Å². The lowest BCUT2D eigenvalue weighted by Crippen LogP contribution is -2.50. The summed E-state index contributed by atoms with van der Waals surface area (Å²) in [5, 5.41) is 3.48. The van der Waals surface area contributed by atoms with Crippen LogP contribution in [0.1, 0.15) is 43.9 Å². The average molecular weight is 537 g/mol. The van der Waals surface area contributed by atoms with Crippen molar-refractivity contribution in [3.8, 4) is 11.5 Å². The van der Waals surface area contributed by atoms with Crippen molar-refractivity contribution in [3.05, 3.63) is 94.5 Å². The lowest BCUT2D eigenvalue weighted by Gasteiger charge is -2.32. The van der Waals surface area contributed by atoms with Crippen LogP contribution in [-0.4, -0.2) is 42.5 Å². The van der Waals surface area contributed by atoms with Gasteiger partial charge in [-0.05, 0) is 62.1 Å². The Labute approximate surface area is 230 Å². The molecule has 0 spiro atoms. The van der Waals surface area contributed by atoms with Crippen molar-refractivity contribution in [1.29, 1.82) is 0 Å². The predicted molar refractivity (Wildman–Crippen MR) is 152 cm³/mol. The topological polar surface area (TPSA) is 67.9 Å². The molecule has 0 aromatic heterocycles. The maximum atomic E-state index is 13.8. The Hall–Kier alpha value is -3.51. The molecule has 0 fully saturated rings. The second-order valence-corrected chi connectivity index (χ2v) is 9.27. The molecule has 0 unspecified atom stereocenters. The standard InChI is InChI=1S/C31H37ClN2O4/c1-4-33-31(36)27(20-23-12-8-7-9-13-23)34(22-25-14-10-11-15-26(25)32)30(35)19-17-24-16-18-28(37-5-2)29(21-24)38-6-3/h7-16,18,21,27H,4-6,17,19-20,22H2,1-3H3,(H,33,36)/t27-/m1/s1. The number of nitrogens with one attached hydrogen (secondary N) is 1. The zero-order valence-electron chi connectivity index (χ0n) is 22.4. The largest absolute Gasteiger partial charge is 0.490 e. The number of benzene rings is 3. The molecule has 7 heteroatoms. The van der Waals surface area contributed by atoms with E-state index < -0.39 is 6.04 Å². The summed E-state index contributed by atoms with van der Waals surface area (Å²) in [5.74, 6) is 1.04. The Balaban J connectivity index is 1.88. The number of rotatable bonds is 14. The minimum atomic E-state index is -0.680. The molecule has 38 heavy (non-hydrogen) atoms. The number of carbonyl (C=O) groups is 2. The highest BCUT2D eigenvalue weighted by atomic mass is 35.5. The molecule has 0 radical (unpaired) electrons. The summed E-state index contributed by atoms with van der Waals surface area (Å²) >= 11 is 6.47. The van der Waals surface area contributed by atoms with E-state index in [9.17, 15) is 9.59 Å². The van der Waals surface area contributed by atoms with Crippen LogP contribution in [0.25, 0.3) is 0 Å². The zero-order chi connectivity index (χ0) is 27.3. The van der Waals surface area contributed by atoms with Gasteiger partial charge in [0.2, 0.25) is 11.8 Å². The molecule has 6 nitrogen and oxygen atoms in total. The molecule has 0 bridgehead atoms. The fourth-order valence-electron chi connectivity index (χ4n) is 4.30. The van der Waals surface area contributed by atoms with Crippen molar-refractivity contribution in [2.24, 2.45) is 0 Å². The average Bonchev–Trinajstić information content (AvgIpc) is 2.92. The van der Waals surface area contributed by atoms with E-state index in [1.165, 1.54) is 0 Å². The van der Waals surface area contributed by atoms with E-state index in [2.05, 4.69) is 5.32 Å². The Kier molecular flexibility index (Phi) is 11.5. The van der Waals surface area contributed by atoms with Gasteiger partial charge in [0.05, 0.1) is 13.2 Å². The summed E-state index contributed by atoms with van der Waals surface area (Å²) in [5.41, 5.74) is 2.73. The van der Waals surface area contributed by atoms with E-state index in [0.29, 0.717) is 49.1 Å². The lowest BCUT2D eigenvalue weighted by molar-refractivity contribution is -0.141. The number of halogens is 1. The van der Waals surface area contributed by atoms with E-state index in [-0.39, 0.29) is 24.8 Å². The molecule has 0 aliphatic rings. The zero-order valence-corrected chi connectivity index (χ0v) is 23.2. The Morgan fingerprint density at radius 3 is 2.24 bits per heavy atom. The first kappa shape index (κ1) is 29.1. The smallest absolute Gasteiger partial charge is 0.243 e. The summed E-state index contributed by atoms with van der Waals surface area (Å²) in [6, 6.07) is 22.2. The van der Waals surface area contributed by atoms with Gasteiger partial charge in [0.15, 0.2) is 11.5 Å². The number of likely N-dealkylation sites (N-methyl/N-ethyl adjacent to an activating group) is 1. The number of amides is 2. The van der Waals surface area contributed by atoms with Crippen molar-refractivity contribution in [3.63, 3.8) is 0 Å². The van der Waals surface area contributed by atoms with E-state index in [4.69, 9.17) is 21.1 Å². The molecule has 1 N–H and O–H groups in total. The lowest BCUT2D eigenvalue weighted by atomic mass is 10.0. The van der Waals surface area contributed by atoms with Crippen LogP contribution in [0.4, 0.5) is 0 Å². The van der Waals surface area contributed by atoms with E-state index >= 15 is 0 Å². The third-order valence-electron chi connectivity index (χ3n) is 6.16. The van der Waals surface area contributed by atoms with Gasteiger partial charge in [-0.25, -0.2) is 0 Å². The normalized spacial score (nSPS) is 11.5. The SMILES string of the molecule is CCNC(=O)[C@@H](Cc1ccccc1)N(Cc1ccccc1Cl)C(=O)CCc1ccc(OCC)c(OCC)c1. The van der Waals surface area contributed by atoms with Crippen LogP contribution in [0.15, 0.2) is 72.8 Å². The van der Waals surface area contributed by atoms with Crippen molar-refractivity contribution < 1.29 is 19.1 Å². The van der Waals surface area contributed by atoms with E-state index in [1.54, 1.807) is 11.0 Å². The quantitative estimate of drug-likeness (QED) is 0.281. The van der Waals surface area contributed by atoms with Crippen molar-refractivity contribution in [2.45, 2.75) is 52.6 Å². The maximum absolute atomic E-state index is 13.8. The van der Waals surface area contributed by atoms with Gasteiger partial charge in [0.1, 0.15) is 6.04 Å². The fourth-order valence-corrected chi connectivity index (χ4v) is 4.50. The number of hydrogen-bond acceptors (Lipinski definition) is 4. The molecule has 0 aliphatic carbocycles. The third-order valence-corrected chi connectivity index (χ3v) is 6.52. The molecule has 3 aromatic rings. The molecule has 0 aliphatic heterocycles. The Bertz CT molecular complexity index is 1190. The summed E-state index contributed by atoms with van der Waals surface area (Å²) in [4.78, 5) is 28.8. The van der Waals surface area contributed by atoms with Crippen molar-refractivity contribution >= 4 is 23.4 Å². The highest BCUT2D eigenvalue weighted by Crippen LogP contribution is 2.29. The monoisotopic (exact) mass is 536 g/mol. The number of nitrogens with zero attached hydrogens (tertiary/aromatic N) is 1. The number of aryl methyl sites for hydroxylation is 1. The maximum Gasteiger partial charge on any atom is 0.243 e. The summed E-state index contributed by atoms with van der Waals surface area (Å²) in [6.45, 7) is 7.49. The minimum absolute atomic E-state index is 0.121. The van der Waals surface area contributed by atoms with Gasteiger partial charge in [-0.1, -0.05) is 66.2 Å². The van der Waals surface area contributed by atoms with Crippen LogP contribution in [0.3, 0.4) is 0 Å². The Morgan fingerprint density at radius 1 is 0.868 bits per heavy atom. The molecule has 2 amide bonds. The summed E-state index contributed by atoms with van der Waals surface area (Å²) in [7, 11) is 0. The second-order valence-electron chi connectivity index (χ2n) is 8.86. The molecule has 3 aromatic carbocycles. The second kappa shape index (κ2) is 15.0. The molecular weight excluding hydrogens is 500 g/mol. The Morgan fingerprint density at radius 2 is 1.55 bits per heavy atom. The van der Waals surface area contributed by atoms with Gasteiger partial charge in [0.25, 0.3) is 0 Å². The minimum Gasteiger partial charge on any atom is -0.490 e. The van der Waals surface area contributed by atoms with Crippen LogP contribution in [0.5, 0.6) is 11.5 Å². The van der Waals surface area contributed by atoms with Crippen LogP contribution in [-0.2, 0) is 29.0 Å². The van der Waals surface area contributed by atoms with Crippen molar-refractivity contribution in [1.82, 2.24) is 10.2 Å². The summed E-state index contributed by atoms with van der Waals surface area (Å²) in [6.07, 6.45) is 1.13. The number of hydrogen-bond donors (Lipinski definition) is 1. The molecule has 0 saturated carbocycles.